The van der Waals surface area contributed by atoms with Crippen LogP contribution in [0, 0.1) is 18.3 Å². The molecule has 0 bridgehead atoms. The van der Waals surface area contributed by atoms with Crippen LogP contribution in [-0.4, -0.2) is 13.1 Å². The van der Waals surface area contributed by atoms with Crippen molar-refractivity contribution in [2.45, 2.75) is 105 Å². The smallest absolute Gasteiger partial charge is 0.224 e. The Kier molecular flexibility index (Phi) is 8.45. The highest BCUT2D eigenvalue weighted by Crippen LogP contribution is 2.45. The van der Waals surface area contributed by atoms with Gasteiger partial charge < -0.3 is 4.42 Å². The molecule has 2 aliphatic rings. The van der Waals surface area contributed by atoms with Crippen LogP contribution >= 0.6 is 0 Å². The first-order valence-electron chi connectivity index (χ1n) is 19.4. The highest BCUT2D eigenvalue weighted by molar-refractivity contribution is 6.89. The number of aryl methyl sites for hydroxylation is 2. The first kappa shape index (κ1) is 34.7. The summed E-state index contributed by atoms with van der Waals surface area (Å²) < 4.78 is 11.9. The summed E-state index contributed by atoms with van der Waals surface area (Å²) in [5.41, 5.74) is 14.8. The molecule has 0 spiro atoms. The van der Waals surface area contributed by atoms with Crippen molar-refractivity contribution in [3.05, 3.63) is 114 Å². The van der Waals surface area contributed by atoms with E-state index >= 15 is 0 Å². The molecule has 0 fully saturated rings. The van der Waals surface area contributed by atoms with Crippen molar-refractivity contribution < 1.29 is 13.6 Å². The number of aromatic nitrogens is 3. The Morgan fingerprint density at radius 2 is 1.67 bits per heavy atom. The molecule has 4 aromatic heterocycles. The lowest BCUT2D eigenvalue weighted by Crippen LogP contribution is -2.54. The van der Waals surface area contributed by atoms with Crippen molar-refractivity contribution in [2.24, 2.45) is 11.3 Å². The van der Waals surface area contributed by atoms with E-state index in [1.54, 1.807) is 5.19 Å². The van der Waals surface area contributed by atoms with Gasteiger partial charge in [-0.1, -0.05) is 90.7 Å². The molecular weight excluding hydrogens is 651 g/mol. The monoisotopic (exact) mass is 705 g/mol. The van der Waals surface area contributed by atoms with Gasteiger partial charge in [-0.05, 0) is 79.3 Å². The third-order valence-corrected chi connectivity index (χ3v) is 13.5. The number of pyridine rings is 3. The van der Waals surface area contributed by atoms with Crippen LogP contribution < -0.4 is 14.3 Å². The Labute approximate surface area is 311 Å². The summed E-state index contributed by atoms with van der Waals surface area (Å²) in [4.78, 5) is 5.31. The number of furan rings is 1. The Balaban J connectivity index is 1.38. The summed E-state index contributed by atoms with van der Waals surface area (Å²) in [7, 11) is -1.66. The maximum Gasteiger partial charge on any atom is 0.224 e. The summed E-state index contributed by atoms with van der Waals surface area (Å²) in [6.45, 7) is 26.4. The highest BCUT2D eigenvalue weighted by atomic mass is 28.3. The summed E-state index contributed by atoms with van der Waals surface area (Å²) in [6.07, 6.45) is 11.8. The number of hydrogen-bond acceptors (Lipinski definition) is 2. The van der Waals surface area contributed by atoms with Crippen LogP contribution in [0.1, 0.15) is 87.4 Å². The molecule has 0 saturated heterocycles. The molecule has 52 heavy (non-hydrogen) atoms. The molecule has 0 saturated carbocycles. The van der Waals surface area contributed by atoms with E-state index in [1.807, 2.05) is 0 Å². The fourth-order valence-electron chi connectivity index (χ4n) is 9.14. The van der Waals surface area contributed by atoms with Crippen molar-refractivity contribution in [2.75, 3.05) is 0 Å². The van der Waals surface area contributed by atoms with Gasteiger partial charge in [0.15, 0.2) is 29.7 Å². The van der Waals surface area contributed by atoms with Crippen LogP contribution in [0.25, 0.3) is 50.2 Å². The van der Waals surface area contributed by atoms with Crippen LogP contribution in [0.15, 0.2) is 90.3 Å². The number of para-hydroxylation sites is 1. The molecule has 0 aliphatic carbocycles. The molecule has 0 radical (unpaired) electrons. The third kappa shape index (κ3) is 6.05. The molecule has 6 aromatic rings. The quantitative estimate of drug-likeness (QED) is 0.135. The molecule has 4 nitrogen and oxygen atoms in total. The second kappa shape index (κ2) is 12.7. The number of nitrogens with zero attached hydrogens (tertiary/aromatic N) is 3. The molecule has 2 aromatic carbocycles. The average Bonchev–Trinajstić information content (AvgIpc) is 3.45. The molecule has 0 N–H and O–H groups in total. The summed E-state index contributed by atoms with van der Waals surface area (Å²) >= 11 is 0. The first-order valence-corrected chi connectivity index (χ1v) is 22.9. The van der Waals surface area contributed by atoms with E-state index in [0.29, 0.717) is 11.8 Å². The van der Waals surface area contributed by atoms with Crippen LogP contribution in [-0.2, 0) is 19.3 Å². The van der Waals surface area contributed by atoms with E-state index < -0.39 is 8.07 Å². The molecule has 2 unspecified atom stereocenters. The minimum atomic E-state index is -1.66. The van der Waals surface area contributed by atoms with Gasteiger partial charge in [-0.25, -0.2) is 0 Å². The standard InChI is InChI=1S/C47H55N3OSi/c1-29(2)21-32-23-41-35-16-12-11-15-34(35)36-19-20-39-45(46-38(26-48-39)37-17-13-14-18-43(37)51-46)42-24-33(25-47(5,6)7)30(3)27-49(42)31(4)22-40(36)50(41)28-44(32)52(8,9)10/h11-18,23-24,26-29,36,40H,4,19-22,25H2,1-3,5-10H3/q+2. The Morgan fingerprint density at radius 1 is 0.942 bits per heavy atom. The molecular formula is C47H55N3OSi+2. The fraction of sp³-hybridized carbons (Fsp3) is 0.383. The SMILES string of the molecule is C=C1CC2C(CCc3ncc4c(oc5ccccc54)c3-c3cc(CC(C)(C)C)c(C)c[n+]31)c1ccccc1-c1cc(CC(C)C)c([Si](C)(C)C)c[n+]12. The van der Waals surface area contributed by atoms with Crippen molar-refractivity contribution in [3.8, 4) is 22.5 Å². The minimum Gasteiger partial charge on any atom is -0.455 e. The summed E-state index contributed by atoms with van der Waals surface area (Å²) in [5, 5.41) is 3.77. The Bertz CT molecular complexity index is 2390. The van der Waals surface area contributed by atoms with E-state index in [1.165, 1.54) is 33.5 Å². The van der Waals surface area contributed by atoms with Crippen molar-refractivity contribution in [1.29, 1.82) is 0 Å². The van der Waals surface area contributed by atoms with Gasteiger partial charge in [-0.15, -0.1) is 0 Å². The third-order valence-electron chi connectivity index (χ3n) is 11.5. The van der Waals surface area contributed by atoms with E-state index in [2.05, 4.69) is 150 Å². The van der Waals surface area contributed by atoms with Crippen molar-refractivity contribution in [3.63, 3.8) is 0 Å². The molecule has 266 valence electrons. The molecule has 5 heteroatoms. The Hall–Kier alpha value is -4.35. The summed E-state index contributed by atoms with van der Waals surface area (Å²) in [5.74, 6) is 0.906. The maximum atomic E-state index is 6.79. The second-order valence-corrected chi connectivity index (χ2v) is 23.4. The number of rotatable bonds is 4. The van der Waals surface area contributed by atoms with Gasteiger partial charge in [0.25, 0.3) is 0 Å². The minimum absolute atomic E-state index is 0.147. The average molecular weight is 706 g/mol. The van der Waals surface area contributed by atoms with Gasteiger partial charge in [0.05, 0.1) is 20.2 Å². The zero-order valence-electron chi connectivity index (χ0n) is 32.7. The molecule has 8 rings (SSSR count). The second-order valence-electron chi connectivity index (χ2n) is 18.3. The predicted molar refractivity (Wildman–Crippen MR) is 219 cm³/mol. The maximum absolute atomic E-state index is 6.79. The van der Waals surface area contributed by atoms with E-state index in [4.69, 9.17) is 16.0 Å². The lowest BCUT2D eigenvalue weighted by Gasteiger charge is -2.33. The van der Waals surface area contributed by atoms with E-state index in [9.17, 15) is 0 Å². The summed E-state index contributed by atoms with van der Waals surface area (Å²) in [6, 6.07) is 22.8. The predicted octanol–water partition coefficient (Wildman–Crippen LogP) is 10.7. The molecule has 0 amide bonds. The van der Waals surface area contributed by atoms with Crippen LogP contribution in [0.3, 0.4) is 0 Å². The molecule has 2 aliphatic heterocycles. The zero-order chi connectivity index (χ0) is 36.7. The van der Waals surface area contributed by atoms with Gasteiger partial charge >= 0.3 is 0 Å². The van der Waals surface area contributed by atoms with Gasteiger partial charge in [-0.2, -0.15) is 9.13 Å². The number of fused-ring (bicyclic) bond motifs is 13. The first-order chi connectivity index (χ1) is 24.7. The van der Waals surface area contributed by atoms with E-state index in [0.717, 1.165) is 76.7 Å². The topological polar surface area (TPSA) is 33.8 Å². The van der Waals surface area contributed by atoms with Crippen molar-refractivity contribution >= 4 is 40.9 Å². The number of benzene rings is 2. The Morgan fingerprint density at radius 3 is 2.42 bits per heavy atom. The van der Waals surface area contributed by atoms with Gasteiger partial charge in [-0.3, -0.25) is 4.98 Å². The van der Waals surface area contributed by atoms with Crippen molar-refractivity contribution in [1.82, 2.24) is 4.98 Å². The van der Waals surface area contributed by atoms with Gasteiger partial charge in [0.2, 0.25) is 11.4 Å². The lowest BCUT2D eigenvalue weighted by molar-refractivity contribution is -0.719. The molecule has 2 atom stereocenters. The number of hydrogen-bond donors (Lipinski definition) is 0. The highest BCUT2D eigenvalue weighted by Gasteiger charge is 2.44. The number of allylic oxidation sites excluding steroid dienone is 1. The van der Waals surface area contributed by atoms with Crippen LogP contribution in [0.4, 0.5) is 0 Å². The van der Waals surface area contributed by atoms with Crippen LogP contribution in [0.2, 0.25) is 19.6 Å². The lowest BCUT2D eigenvalue weighted by atomic mass is 9.77. The normalized spacial score (nSPS) is 17.5. The van der Waals surface area contributed by atoms with Crippen LogP contribution in [0.5, 0.6) is 0 Å². The molecule has 6 heterocycles. The van der Waals surface area contributed by atoms with E-state index in [-0.39, 0.29) is 11.5 Å². The van der Waals surface area contributed by atoms with Gasteiger partial charge in [0, 0.05) is 51.3 Å². The zero-order valence-corrected chi connectivity index (χ0v) is 33.7. The van der Waals surface area contributed by atoms with Gasteiger partial charge in [0.1, 0.15) is 11.1 Å². The fourth-order valence-corrected chi connectivity index (χ4v) is 10.8. The largest absolute Gasteiger partial charge is 0.455 e.